The molecule has 192 valence electrons. The Morgan fingerprint density at radius 2 is 1.95 bits per heavy atom. The number of anilines is 1. The number of rotatable bonds is 7. The van der Waals surface area contributed by atoms with Gasteiger partial charge in [-0.25, -0.2) is 0 Å². The van der Waals surface area contributed by atoms with Crippen molar-refractivity contribution in [3.8, 4) is 28.6 Å². The lowest BCUT2D eigenvalue weighted by Gasteiger charge is -2.30. The Balaban J connectivity index is 1.99. The highest BCUT2D eigenvalue weighted by molar-refractivity contribution is 7.98. The number of benzene rings is 2. The Labute approximate surface area is 216 Å². The van der Waals surface area contributed by atoms with Crippen LogP contribution in [0.1, 0.15) is 38.5 Å². The van der Waals surface area contributed by atoms with Gasteiger partial charge in [0.05, 0.1) is 17.7 Å². The van der Waals surface area contributed by atoms with Gasteiger partial charge in [0.1, 0.15) is 0 Å². The quantitative estimate of drug-likeness (QED) is 0.143. The number of carbonyl (C=O) groups is 2. The molecule has 37 heavy (non-hydrogen) atoms. The molecular weight excluding hydrogens is 502 g/mol. The van der Waals surface area contributed by atoms with Crippen LogP contribution in [0.4, 0.5) is 11.4 Å². The Hall–Kier alpha value is -4.26. The minimum absolute atomic E-state index is 0.00459. The summed E-state index contributed by atoms with van der Waals surface area (Å²) in [5.41, 5.74) is 1.03. The van der Waals surface area contributed by atoms with Crippen LogP contribution in [0.3, 0.4) is 0 Å². The molecule has 13 heteroatoms. The van der Waals surface area contributed by atoms with Crippen molar-refractivity contribution in [1.29, 1.82) is 0 Å². The number of amides is 1. The summed E-state index contributed by atoms with van der Waals surface area (Å²) >= 11 is 1.26. The summed E-state index contributed by atoms with van der Waals surface area (Å²) in [7, 11) is 1.29. The molecule has 0 aliphatic carbocycles. The van der Waals surface area contributed by atoms with Gasteiger partial charge in [-0.3, -0.25) is 24.6 Å². The van der Waals surface area contributed by atoms with Gasteiger partial charge in [-0.1, -0.05) is 43.8 Å². The van der Waals surface area contributed by atoms with Crippen molar-refractivity contribution in [1.82, 2.24) is 15.2 Å². The summed E-state index contributed by atoms with van der Waals surface area (Å²) in [6.45, 7) is 3.26. The van der Waals surface area contributed by atoms with Crippen LogP contribution in [-0.2, 0) is 9.59 Å². The molecule has 4 rings (SSSR count). The summed E-state index contributed by atoms with van der Waals surface area (Å²) in [4.78, 5) is 42.5. The van der Waals surface area contributed by atoms with Gasteiger partial charge in [-0.2, -0.15) is 4.98 Å². The number of methoxy groups -OCH3 is 1. The number of nitro benzene ring substituents is 1. The van der Waals surface area contributed by atoms with E-state index >= 15 is 0 Å². The standard InChI is InChI=1S/C24H23N5O7S/c1-5-18(30)28-15-10-8-7-9-14(15)20-22(25-24(37-4)27-26-20)36-23(28)13-11-16(29(32)33)21(17(12-13)34-3)35-19(31)6-2/h7-12,23H,5-6H2,1-4H3. The van der Waals surface area contributed by atoms with Gasteiger partial charge in [-0.15, -0.1) is 10.2 Å². The monoisotopic (exact) mass is 525 g/mol. The highest BCUT2D eigenvalue weighted by atomic mass is 32.2. The first-order chi connectivity index (χ1) is 17.8. The minimum Gasteiger partial charge on any atom is -0.493 e. The molecule has 0 saturated carbocycles. The van der Waals surface area contributed by atoms with Crippen molar-refractivity contribution in [2.24, 2.45) is 0 Å². The number of ether oxygens (including phenoxy) is 3. The first-order valence-corrected chi connectivity index (χ1v) is 12.5. The third-order valence-electron chi connectivity index (χ3n) is 5.53. The van der Waals surface area contributed by atoms with Gasteiger partial charge >= 0.3 is 11.7 Å². The van der Waals surface area contributed by atoms with Crippen LogP contribution in [0.2, 0.25) is 0 Å². The SMILES string of the molecule is CCC(=O)Oc1c(OC)cc(C2Oc3nc(SC)nnc3-c3ccccc3N2C(=O)CC)cc1[N+](=O)[O-]. The van der Waals surface area contributed by atoms with E-state index in [1.165, 1.54) is 35.9 Å². The molecule has 2 aromatic carbocycles. The Bertz CT molecular complexity index is 1380. The van der Waals surface area contributed by atoms with Crippen LogP contribution in [0.25, 0.3) is 11.3 Å². The fourth-order valence-corrected chi connectivity index (χ4v) is 4.08. The predicted molar refractivity (Wildman–Crippen MR) is 134 cm³/mol. The maximum absolute atomic E-state index is 13.3. The Morgan fingerprint density at radius 1 is 1.19 bits per heavy atom. The zero-order valence-corrected chi connectivity index (χ0v) is 21.3. The summed E-state index contributed by atoms with van der Waals surface area (Å²) < 4.78 is 16.9. The lowest BCUT2D eigenvalue weighted by Crippen LogP contribution is -2.37. The molecule has 0 spiro atoms. The summed E-state index contributed by atoms with van der Waals surface area (Å²) in [5.74, 6) is -1.28. The number of fused-ring (bicyclic) bond motifs is 3. The molecule has 1 unspecified atom stereocenters. The maximum atomic E-state index is 13.3. The lowest BCUT2D eigenvalue weighted by molar-refractivity contribution is -0.385. The van der Waals surface area contributed by atoms with E-state index in [9.17, 15) is 19.7 Å². The van der Waals surface area contributed by atoms with Gasteiger partial charge in [0, 0.05) is 30.0 Å². The van der Waals surface area contributed by atoms with Crippen molar-refractivity contribution in [3.05, 3.63) is 52.1 Å². The average molecular weight is 526 g/mol. The first kappa shape index (κ1) is 25.8. The number of carbonyl (C=O) groups excluding carboxylic acids is 2. The molecular formula is C24H23N5O7S. The van der Waals surface area contributed by atoms with E-state index in [0.29, 0.717) is 22.1 Å². The van der Waals surface area contributed by atoms with Gasteiger partial charge in [0.25, 0.3) is 0 Å². The van der Waals surface area contributed by atoms with Crippen LogP contribution in [0, 0.1) is 10.1 Å². The van der Waals surface area contributed by atoms with Gasteiger partial charge in [-0.05, 0) is 18.4 Å². The normalized spacial score (nSPS) is 14.1. The van der Waals surface area contributed by atoms with Crippen LogP contribution in [-0.4, -0.2) is 45.3 Å². The highest BCUT2D eigenvalue weighted by Crippen LogP contribution is 2.46. The third-order valence-corrected chi connectivity index (χ3v) is 6.07. The van der Waals surface area contributed by atoms with E-state index in [0.717, 1.165) is 0 Å². The topological polar surface area (TPSA) is 147 Å². The number of aromatic nitrogens is 3. The molecule has 1 aliphatic rings. The number of hydrogen-bond acceptors (Lipinski definition) is 11. The fourth-order valence-electron chi connectivity index (χ4n) is 3.78. The second-order valence-electron chi connectivity index (χ2n) is 7.71. The number of nitrogens with zero attached hydrogens (tertiary/aromatic N) is 5. The van der Waals surface area contributed by atoms with Crippen LogP contribution < -0.4 is 19.1 Å². The van der Waals surface area contributed by atoms with Gasteiger partial charge < -0.3 is 14.2 Å². The molecule has 1 aromatic heterocycles. The van der Waals surface area contributed by atoms with Crippen LogP contribution in [0.15, 0.2) is 41.6 Å². The first-order valence-electron chi connectivity index (χ1n) is 11.3. The zero-order chi connectivity index (χ0) is 26.7. The molecule has 1 amide bonds. The molecule has 2 heterocycles. The maximum Gasteiger partial charge on any atom is 0.316 e. The number of hydrogen-bond donors (Lipinski definition) is 0. The van der Waals surface area contributed by atoms with Gasteiger partial charge in [0.2, 0.25) is 28.9 Å². The smallest absolute Gasteiger partial charge is 0.316 e. The van der Waals surface area contributed by atoms with E-state index in [2.05, 4.69) is 15.2 Å². The Morgan fingerprint density at radius 3 is 2.59 bits per heavy atom. The lowest BCUT2D eigenvalue weighted by atomic mass is 10.1. The summed E-state index contributed by atoms with van der Waals surface area (Å²) in [5, 5.41) is 20.8. The molecule has 1 atom stereocenters. The highest BCUT2D eigenvalue weighted by Gasteiger charge is 2.37. The molecule has 1 aliphatic heterocycles. The number of para-hydroxylation sites is 1. The van der Waals surface area contributed by atoms with Crippen molar-refractivity contribution in [2.75, 3.05) is 18.3 Å². The number of nitro groups is 1. The van der Waals surface area contributed by atoms with E-state index < -0.39 is 22.8 Å². The van der Waals surface area contributed by atoms with E-state index in [-0.39, 0.29) is 41.7 Å². The van der Waals surface area contributed by atoms with Crippen LogP contribution in [0.5, 0.6) is 17.4 Å². The van der Waals surface area contributed by atoms with Crippen molar-refractivity contribution >= 4 is 35.0 Å². The second kappa shape index (κ2) is 10.8. The second-order valence-corrected chi connectivity index (χ2v) is 8.49. The predicted octanol–water partition coefficient (Wildman–Crippen LogP) is 4.33. The molecule has 0 N–H and O–H groups in total. The molecule has 0 saturated heterocycles. The average Bonchev–Trinajstić information content (AvgIpc) is 3.06. The zero-order valence-electron chi connectivity index (χ0n) is 20.5. The molecule has 0 bridgehead atoms. The largest absolute Gasteiger partial charge is 0.493 e. The Kier molecular flexibility index (Phi) is 7.53. The summed E-state index contributed by atoms with van der Waals surface area (Å²) in [6.07, 6.45) is 0.712. The van der Waals surface area contributed by atoms with E-state index in [4.69, 9.17) is 14.2 Å². The number of thioether (sulfide) groups is 1. The van der Waals surface area contributed by atoms with Crippen molar-refractivity contribution in [2.45, 2.75) is 38.1 Å². The van der Waals surface area contributed by atoms with Crippen molar-refractivity contribution in [3.63, 3.8) is 0 Å². The van der Waals surface area contributed by atoms with Crippen LogP contribution >= 0.6 is 11.8 Å². The van der Waals surface area contributed by atoms with Gasteiger partial charge in [0.15, 0.2) is 11.4 Å². The fraction of sp³-hybridized carbons (Fsp3) is 0.292. The summed E-state index contributed by atoms with van der Waals surface area (Å²) in [6, 6.07) is 9.66. The minimum atomic E-state index is -1.19. The molecule has 0 fully saturated rings. The van der Waals surface area contributed by atoms with E-state index in [1.807, 2.05) is 0 Å². The molecule has 0 radical (unpaired) electrons. The molecule has 12 nitrogen and oxygen atoms in total. The van der Waals surface area contributed by atoms with Crippen molar-refractivity contribution < 1.29 is 28.7 Å². The third kappa shape index (κ3) is 4.89. The van der Waals surface area contributed by atoms with E-state index in [1.54, 1.807) is 44.4 Å². The number of esters is 1. The molecule has 3 aromatic rings.